The summed E-state index contributed by atoms with van der Waals surface area (Å²) in [4.78, 5) is 8.90. The van der Waals surface area contributed by atoms with Crippen molar-refractivity contribution in [1.29, 1.82) is 0 Å². The fraction of sp³-hybridized carbons (Fsp3) is 0.111. The Labute approximate surface area is 151 Å². The molecule has 3 aromatic rings. The highest BCUT2D eigenvalue weighted by Gasteiger charge is 2.38. The smallest absolute Gasteiger partial charge is 0.475 e. The zero-order valence-electron chi connectivity index (χ0n) is 13.8. The van der Waals surface area contributed by atoms with E-state index in [1.165, 1.54) is 12.1 Å². The van der Waals surface area contributed by atoms with E-state index in [9.17, 15) is 17.6 Å². The molecule has 1 aromatic heterocycles. The average molecular weight is 381 g/mol. The van der Waals surface area contributed by atoms with Crippen LogP contribution in [0.4, 0.5) is 17.6 Å². The fourth-order valence-electron chi connectivity index (χ4n) is 2.04. The number of aromatic nitrogens is 2. The van der Waals surface area contributed by atoms with Crippen molar-refractivity contribution in [2.45, 2.75) is 12.7 Å². The Hall–Kier alpha value is -3.20. The van der Waals surface area contributed by atoms with Crippen LogP contribution in [0.15, 0.2) is 60.9 Å². The van der Waals surface area contributed by atoms with Crippen molar-refractivity contribution in [2.75, 3.05) is 0 Å². The highest BCUT2D eigenvalue weighted by Crippen LogP contribution is 2.20. The molecule has 5 nitrogen and oxygen atoms in total. The van der Waals surface area contributed by atoms with Gasteiger partial charge in [0.15, 0.2) is 0 Å². The first-order valence-corrected chi connectivity index (χ1v) is 7.61. The van der Waals surface area contributed by atoms with E-state index < -0.39 is 12.1 Å². The minimum atomic E-state index is -5.08. The summed E-state index contributed by atoms with van der Waals surface area (Å²) in [5.41, 5.74) is 9.60. The molecule has 0 aliphatic heterocycles. The van der Waals surface area contributed by atoms with E-state index >= 15 is 0 Å². The van der Waals surface area contributed by atoms with Crippen molar-refractivity contribution >= 4 is 5.97 Å². The van der Waals surface area contributed by atoms with Crippen LogP contribution in [-0.4, -0.2) is 27.0 Å². The van der Waals surface area contributed by atoms with Crippen LogP contribution in [0.2, 0.25) is 0 Å². The molecule has 0 spiro atoms. The molecule has 0 bridgehead atoms. The Kier molecular flexibility index (Phi) is 6.30. The maximum absolute atomic E-state index is 12.9. The molecule has 0 aliphatic carbocycles. The van der Waals surface area contributed by atoms with E-state index in [2.05, 4.69) is 5.10 Å². The molecule has 27 heavy (non-hydrogen) atoms. The summed E-state index contributed by atoms with van der Waals surface area (Å²) in [7, 11) is 0. The minimum absolute atomic E-state index is 0.251. The van der Waals surface area contributed by atoms with Gasteiger partial charge in [-0.15, -0.1) is 0 Å². The van der Waals surface area contributed by atoms with Gasteiger partial charge in [-0.3, -0.25) is 0 Å². The van der Waals surface area contributed by atoms with Gasteiger partial charge in [-0.25, -0.2) is 13.9 Å². The van der Waals surface area contributed by atoms with Crippen molar-refractivity contribution in [3.8, 4) is 16.8 Å². The highest BCUT2D eigenvalue weighted by atomic mass is 19.4. The molecule has 0 atom stereocenters. The summed E-state index contributed by atoms with van der Waals surface area (Å²) in [6, 6.07) is 14.3. The van der Waals surface area contributed by atoms with Crippen LogP contribution in [0.5, 0.6) is 0 Å². The van der Waals surface area contributed by atoms with Crippen molar-refractivity contribution in [3.05, 3.63) is 72.3 Å². The summed E-state index contributed by atoms with van der Waals surface area (Å²) in [5.74, 6) is -3.01. The second-order valence-electron chi connectivity index (χ2n) is 5.35. The monoisotopic (exact) mass is 381 g/mol. The number of nitrogens with zero attached hydrogens (tertiary/aromatic N) is 2. The van der Waals surface area contributed by atoms with Gasteiger partial charge in [0, 0.05) is 18.3 Å². The topological polar surface area (TPSA) is 81.1 Å². The maximum atomic E-state index is 12.9. The van der Waals surface area contributed by atoms with Gasteiger partial charge < -0.3 is 10.8 Å². The predicted octanol–water partition coefficient (Wildman–Crippen LogP) is 3.77. The number of nitrogens with two attached hydrogens (primary N) is 1. The molecule has 0 aliphatic rings. The first-order valence-electron chi connectivity index (χ1n) is 7.61. The van der Waals surface area contributed by atoms with E-state index in [-0.39, 0.29) is 5.82 Å². The Morgan fingerprint density at radius 1 is 1.04 bits per heavy atom. The van der Waals surface area contributed by atoms with Crippen molar-refractivity contribution in [2.24, 2.45) is 5.73 Å². The third kappa shape index (κ3) is 5.65. The number of hydrogen-bond donors (Lipinski definition) is 2. The average Bonchev–Trinajstić information content (AvgIpc) is 3.12. The molecule has 0 amide bonds. The van der Waals surface area contributed by atoms with Gasteiger partial charge in [0.2, 0.25) is 0 Å². The number of benzene rings is 2. The minimum Gasteiger partial charge on any atom is -0.475 e. The standard InChI is InChI=1S/C16H14FN3.C2HF3O2/c17-15-5-7-16(8-6-15)20-11-14(10-19-20)13-3-1-12(9-18)2-4-13;3-2(4,5)1(6)7/h1-8,10-11H,9,18H2;(H,6,7). The Morgan fingerprint density at radius 2 is 1.59 bits per heavy atom. The summed E-state index contributed by atoms with van der Waals surface area (Å²) in [6.45, 7) is 0.537. The van der Waals surface area contributed by atoms with E-state index in [4.69, 9.17) is 15.6 Å². The molecule has 0 radical (unpaired) electrons. The van der Waals surface area contributed by atoms with E-state index in [0.29, 0.717) is 6.54 Å². The van der Waals surface area contributed by atoms with Gasteiger partial charge >= 0.3 is 12.1 Å². The van der Waals surface area contributed by atoms with Gasteiger partial charge in [-0.1, -0.05) is 24.3 Å². The first-order chi connectivity index (χ1) is 12.7. The summed E-state index contributed by atoms with van der Waals surface area (Å²) in [5, 5.41) is 11.4. The SMILES string of the molecule is NCc1ccc(-c2cnn(-c3ccc(F)cc3)c2)cc1.O=C(O)C(F)(F)F. The third-order valence-corrected chi connectivity index (χ3v) is 3.44. The lowest BCUT2D eigenvalue weighted by molar-refractivity contribution is -0.192. The lowest BCUT2D eigenvalue weighted by Crippen LogP contribution is -2.21. The van der Waals surface area contributed by atoms with Gasteiger partial charge in [-0.05, 0) is 35.4 Å². The molecule has 0 fully saturated rings. The van der Waals surface area contributed by atoms with Crippen molar-refractivity contribution in [3.63, 3.8) is 0 Å². The van der Waals surface area contributed by atoms with Gasteiger partial charge in [0.05, 0.1) is 11.9 Å². The molecule has 0 unspecified atom stereocenters. The third-order valence-electron chi connectivity index (χ3n) is 3.44. The predicted molar refractivity (Wildman–Crippen MR) is 90.5 cm³/mol. The van der Waals surface area contributed by atoms with Crippen LogP contribution in [0.25, 0.3) is 16.8 Å². The maximum Gasteiger partial charge on any atom is 0.490 e. The van der Waals surface area contributed by atoms with Crippen LogP contribution in [0, 0.1) is 5.82 Å². The van der Waals surface area contributed by atoms with Gasteiger partial charge in [-0.2, -0.15) is 18.3 Å². The van der Waals surface area contributed by atoms with Crippen molar-refractivity contribution in [1.82, 2.24) is 9.78 Å². The summed E-state index contributed by atoms with van der Waals surface area (Å²) in [6.07, 6.45) is -1.37. The quantitative estimate of drug-likeness (QED) is 0.677. The number of aliphatic carboxylic acids is 1. The number of carbonyl (C=O) groups is 1. The molecular weight excluding hydrogens is 366 g/mol. The summed E-state index contributed by atoms with van der Waals surface area (Å²) >= 11 is 0. The Balaban J connectivity index is 0.000000321. The zero-order valence-corrected chi connectivity index (χ0v) is 13.8. The van der Waals surface area contributed by atoms with Crippen LogP contribution < -0.4 is 5.73 Å². The summed E-state index contributed by atoms with van der Waals surface area (Å²) < 4.78 is 46.4. The van der Waals surface area contributed by atoms with Crippen molar-refractivity contribution < 1.29 is 27.5 Å². The Bertz CT molecular complexity index is 888. The van der Waals surface area contributed by atoms with E-state index in [0.717, 1.165) is 22.4 Å². The lowest BCUT2D eigenvalue weighted by atomic mass is 10.1. The van der Waals surface area contributed by atoms with Gasteiger partial charge in [0.25, 0.3) is 0 Å². The second kappa shape index (κ2) is 8.45. The largest absolute Gasteiger partial charge is 0.490 e. The van der Waals surface area contributed by atoms with Crippen LogP contribution in [0.3, 0.4) is 0 Å². The highest BCUT2D eigenvalue weighted by molar-refractivity contribution is 5.73. The van der Waals surface area contributed by atoms with Gasteiger partial charge in [0.1, 0.15) is 5.82 Å². The second-order valence-corrected chi connectivity index (χ2v) is 5.35. The molecule has 2 aromatic carbocycles. The van der Waals surface area contributed by atoms with Crippen LogP contribution in [-0.2, 0) is 11.3 Å². The lowest BCUT2D eigenvalue weighted by Gasteiger charge is -2.01. The van der Waals surface area contributed by atoms with E-state index in [1.54, 1.807) is 23.0 Å². The number of alkyl halides is 3. The number of rotatable bonds is 3. The number of carboxylic acids is 1. The normalized spacial score (nSPS) is 10.9. The molecule has 3 rings (SSSR count). The molecule has 9 heteroatoms. The molecule has 0 saturated carbocycles. The molecule has 3 N–H and O–H groups in total. The fourth-order valence-corrected chi connectivity index (χ4v) is 2.04. The molecule has 0 saturated heterocycles. The van der Waals surface area contributed by atoms with Crippen LogP contribution in [0.1, 0.15) is 5.56 Å². The molecule has 1 heterocycles. The molecular formula is C18H15F4N3O2. The Morgan fingerprint density at radius 3 is 2.07 bits per heavy atom. The number of hydrogen-bond acceptors (Lipinski definition) is 3. The first kappa shape index (κ1) is 20.1. The molecule has 142 valence electrons. The van der Waals surface area contributed by atoms with E-state index in [1.807, 2.05) is 30.5 Å². The number of halogens is 4. The van der Waals surface area contributed by atoms with Crippen LogP contribution >= 0.6 is 0 Å². The zero-order chi connectivity index (χ0) is 20.0. The number of carboxylic acid groups (broad SMARTS) is 1.